The molecule has 1 aliphatic rings. The van der Waals surface area contributed by atoms with Crippen LogP contribution in [0, 0.1) is 0 Å². The number of methoxy groups -OCH3 is 1. The molecule has 1 heterocycles. The van der Waals surface area contributed by atoms with Crippen molar-refractivity contribution in [2.75, 3.05) is 20.2 Å². The highest BCUT2D eigenvalue weighted by Gasteiger charge is 2.30. The van der Waals surface area contributed by atoms with Crippen molar-refractivity contribution in [1.29, 1.82) is 0 Å². The third-order valence-corrected chi connectivity index (χ3v) is 6.62. The van der Waals surface area contributed by atoms with E-state index in [9.17, 15) is 8.42 Å². The van der Waals surface area contributed by atoms with E-state index < -0.39 is 10.0 Å². The standard InChI is InChI=1S/C20H25NO4S/c1-3-16-5-4-6-19(15-16)25-18-11-13-21(14-12-18)26(22,23)20-9-7-17(24-2)8-10-20/h4-10,15,18H,3,11-14H2,1-2H3. The number of sulfonamides is 1. The molecule has 0 radical (unpaired) electrons. The maximum Gasteiger partial charge on any atom is 0.243 e. The van der Waals surface area contributed by atoms with Crippen LogP contribution in [0.25, 0.3) is 0 Å². The second kappa shape index (κ2) is 8.10. The van der Waals surface area contributed by atoms with E-state index in [4.69, 9.17) is 9.47 Å². The van der Waals surface area contributed by atoms with E-state index in [1.54, 1.807) is 31.4 Å². The summed E-state index contributed by atoms with van der Waals surface area (Å²) in [5.74, 6) is 1.51. The van der Waals surface area contributed by atoms with E-state index in [2.05, 4.69) is 19.1 Å². The Morgan fingerprint density at radius 1 is 1.04 bits per heavy atom. The van der Waals surface area contributed by atoms with Gasteiger partial charge in [-0.2, -0.15) is 4.31 Å². The van der Waals surface area contributed by atoms with Crippen molar-refractivity contribution in [3.05, 3.63) is 54.1 Å². The summed E-state index contributed by atoms with van der Waals surface area (Å²) in [6.45, 7) is 3.04. The van der Waals surface area contributed by atoms with Crippen LogP contribution >= 0.6 is 0 Å². The molecule has 1 fully saturated rings. The number of hydrogen-bond acceptors (Lipinski definition) is 4. The Labute approximate surface area is 155 Å². The minimum absolute atomic E-state index is 0.0458. The van der Waals surface area contributed by atoms with Crippen molar-refractivity contribution < 1.29 is 17.9 Å². The summed E-state index contributed by atoms with van der Waals surface area (Å²) in [4.78, 5) is 0.299. The number of benzene rings is 2. The number of ether oxygens (including phenoxy) is 2. The van der Waals surface area contributed by atoms with Gasteiger partial charge in [-0.15, -0.1) is 0 Å². The van der Waals surface area contributed by atoms with E-state index in [-0.39, 0.29) is 6.10 Å². The highest BCUT2D eigenvalue weighted by Crippen LogP contribution is 2.25. The smallest absolute Gasteiger partial charge is 0.243 e. The van der Waals surface area contributed by atoms with Crippen molar-refractivity contribution in [3.63, 3.8) is 0 Å². The lowest BCUT2D eigenvalue weighted by Crippen LogP contribution is -2.41. The molecule has 3 rings (SSSR count). The van der Waals surface area contributed by atoms with E-state index in [1.807, 2.05) is 12.1 Å². The van der Waals surface area contributed by atoms with Crippen LogP contribution in [0.1, 0.15) is 25.3 Å². The summed E-state index contributed by atoms with van der Waals surface area (Å²) in [5.41, 5.74) is 1.24. The van der Waals surface area contributed by atoms with Gasteiger partial charge in [0.05, 0.1) is 12.0 Å². The molecular formula is C20H25NO4S. The van der Waals surface area contributed by atoms with Crippen LogP contribution < -0.4 is 9.47 Å². The number of hydrogen-bond donors (Lipinski definition) is 0. The lowest BCUT2D eigenvalue weighted by atomic mass is 10.1. The predicted molar refractivity (Wildman–Crippen MR) is 101 cm³/mol. The molecule has 0 amide bonds. The second-order valence-electron chi connectivity index (χ2n) is 6.40. The molecule has 140 valence electrons. The largest absolute Gasteiger partial charge is 0.497 e. The minimum atomic E-state index is -3.47. The third kappa shape index (κ3) is 4.19. The molecular weight excluding hydrogens is 350 g/mol. The Bertz CT molecular complexity index is 825. The van der Waals surface area contributed by atoms with Gasteiger partial charge in [0.15, 0.2) is 0 Å². The van der Waals surface area contributed by atoms with E-state index in [0.29, 0.717) is 36.6 Å². The van der Waals surface area contributed by atoms with E-state index in [0.717, 1.165) is 12.2 Å². The highest BCUT2D eigenvalue weighted by molar-refractivity contribution is 7.89. The SMILES string of the molecule is CCc1cccc(OC2CCN(S(=O)(=O)c3ccc(OC)cc3)CC2)c1. The zero-order valence-electron chi connectivity index (χ0n) is 15.2. The van der Waals surface area contributed by atoms with Crippen molar-refractivity contribution in [3.8, 4) is 11.5 Å². The first kappa shape index (κ1) is 18.7. The monoisotopic (exact) mass is 375 g/mol. The Morgan fingerprint density at radius 2 is 1.73 bits per heavy atom. The van der Waals surface area contributed by atoms with Crippen LogP contribution in [0.5, 0.6) is 11.5 Å². The first-order chi connectivity index (χ1) is 12.5. The fourth-order valence-electron chi connectivity index (χ4n) is 3.12. The molecule has 0 saturated carbocycles. The maximum atomic E-state index is 12.8. The lowest BCUT2D eigenvalue weighted by Gasteiger charge is -2.31. The Morgan fingerprint density at radius 3 is 2.35 bits per heavy atom. The van der Waals surface area contributed by atoms with Crippen molar-refractivity contribution in [2.45, 2.75) is 37.2 Å². The molecule has 2 aromatic rings. The summed E-state index contributed by atoms with van der Waals surface area (Å²) < 4.78 is 38.2. The van der Waals surface area contributed by atoms with Crippen molar-refractivity contribution in [1.82, 2.24) is 4.31 Å². The van der Waals surface area contributed by atoms with Crippen molar-refractivity contribution in [2.24, 2.45) is 0 Å². The molecule has 0 atom stereocenters. The van der Waals surface area contributed by atoms with Gasteiger partial charge in [0.2, 0.25) is 10.0 Å². The predicted octanol–water partition coefficient (Wildman–Crippen LogP) is 3.49. The normalized spacial score (nSPS) is 16.4. The molecule has 5 nitrogen and oxygen atoms in total. The maximum absolute atomic E-state index is 12.8. The summed E-state index contributed by atoms with van der Waals surface area (Å²) in [6.07, 6.45) is 2.39. The fraction of sp³-hybridized carbons (Fsp3) is 0.400. The number of aryl methyl sites for hydroxylation is 1. The van der Waals surface area contributed by atoms with Gasteiger partial charge in [0.1, 0.15) is 17.6 Å². The summed E-state index contributed by atoms with van der Waals surface area (Å²) >= 11 is 0. The minimum Gasteiger partial charge on any atom is -0.497 e. The number of piperidine rings is 1. The number of nitrogens with zero attached hydrogens (tertiary/aromatic N) is 1. The summed E-state index contributed by atoms with van der Waals surface area (Å²) in [6, 6.07) is 14.6. The fourth-order valence-corrected chi connectivity index (χ4v) is 4.59. The Balaban J connectivity index is 1.61. The van der Waals surface area contributed by atoms with Crippen molar-refractivity contribution >= 4 is 10.0 Å². The molecule has 1 aliphatic heterocycles. The van der Waals surface area contributed by atoms with Gasteiger partial charge in [-0.1, -0.05) is 19.1 Å². The molecule has 0 N–H and O–H groups in total. The van der Waals surface area contributed by atoms with Crippen LogP contribution in [0.15, 0.2) is 53.4 Å². The highest BCUT2D eigenvalue weighted by atomic mass is 32.2. The quantitative estimate of drug-likeness (QED) is 0.776. The van der Waals surface area contributed by atoms with Gasteiger partial charge in [-0.3, -0.25) is 0 Å². The van der Waals surface area contributed by atoms with Gasteiger partial charge < -0.3 is 9.47 Å². The van der Waals surface area contributed by atoms with Gasteiger partial charge in [0, 0.05) is 13.1 Å². The van der Waals surface area contributed by atoms with Gasteiger partial charge in [-0.05, 0) is 61.2 Å². The molecule has 0 aromatic heterocycles. The molecule has 26 heavy (non-hydrogen) atoms. The molecule has 2 aromatic carbocycles. The zero-order valence-corrected chi connectivity index (χ0v) is 16.0. The molecule has 0 aliphatic carbocycles. The Hall–Kier alpha value is -2.05. The zero-order chi connectivity index (χ0) is 18.6. The molecule has 0 bridgehead atoms. The van der Waals surface area contributed by atoms with Crippen LogP contribution in [0.4, 0.5) is 0 Å². The molecule has 0 spiro atoms. The van der Waals surface area contributed by atoms with E-state index in [1.165, 1.54) is 9.87 Å². The Kier molecular flexibility index (Phi) is 5.84. The third-order valence-electron chi connectivity index (χ3n) is 4.71. The van der Waals surface area contributed by atoms with Gasteiger partial charge >= 0.3 is 0 Å². The van der Waals surface area contributed by atoms with Crippen LogP contribution in [-0.2, 0) is 16.4 Å². The summed E-state index contributed by atoms with van der Waals surface area (Å²) in [7, 11) is -1.91. The van der Waals surface area contributed by atoms with Gasteiger partial charge in [-0.25, -0.2) is 8.42 Å². The van der Waals surface area contributed by atoms with Crippen LogP contribution in [0.3, 0.4) is 0 Å². The van der Waals surface area contributed by atoms with Gasteiger partial charge in [0.25, 0.3) is 0 Å². The number of rotatable bonds is 6. The van der Waals surface area contributed by atoms with Crippen LogP contribution in [0.2, 0.25) is 0 Å². The van der Waals surface area contributed by atoms with Crippen LogP contribution in [-0.4, -0.2) is 39.0 Å². The first-order valence-electron chi connectivity index (χ1n) is 8.92. The second-order valence-corrected chi connectivity index (χ2v) is 8.34. The lowest BCUT2D eigenvalue weighted by molar-refractivity contribution is 0.135. The average Bonchev–Trinajstić information content (AvgIpc) is 2.68. The first-order valence-corrected chi connectivity index (χ1v) is 10.4. The molecule has 1 saturated heterocycles. The average molecular weight is 375 g/mol. The molecule has 6 heteroatoms. The van der Waals surface area contributed by atoms with E-state index >= 15 is 0 Å². The molecule has 0 unspecified atom stereocenters. The summed E-state index contributed by atoms with van der Waals surface area (Å²) in [5, 5.41) is 0. The topological polar surface area (TPSA) is 55.8 Å².